The quantitative estimate of drug-likeness (QED) is 0.846. The maximum atomic E-state index is 11.5. The molecule has 0 unspecified atom stereocenters. The van der Waals surface area contributed by atoms with E-state index in [2.05, 4.69) is 17.2 Å². The highest BCUT2D eigenvalue weighted by Gasteiger charge is 2.08. The van der Waals surface area contributed by atoms with E-state index in [1.807, 2.05) is 32.9 Å². The van der Waals surface area contributed by atoms with Gasteiger partial charge in [0.05, 0.1) is 6.61 Å². The molecule has 0 aliphatic heterocycles. The second-order valence-electron chi connectivity index (χ2n) is 4.00. The largest absolute Gasteiger partial charge is 0.493 e. The summed E-state index contributed by atoms with van der Waals surface area (Å²) in [5.41, 5.74) is 2.64. The first-order valence-electron chi connectivity index (χ1n) is 6.16. The fourth-order valence-corrected chi connectivity index (χ4v) is 1.72. The Hall–Kier alpha value is -2.15. The lowest BCUT2D eigenvalue weighted by Crippen LogP contribution is -2.14. The minimum absolute atomic E-state index is 0.0946. The molecule has 0 saturated heterocycles. The van der Waals surface area contributed by atoms with E-state index in [1.165, 1.54) is 0 Å². The van der Waals surface area contributed by atoms with Crippen LogP contribution in [0.3, 0.4) is 0 Å². The molecular weight excluding hydrogens is 242 g/mol. The zero-order valence-corrected chi connectivity index (χ0v) is 11.8. The monoisotopic (exact) mass is 261 g/mol. The predicted octanol–water partition coefficient (Wildman–Crippen LogP) is 3.27. The predicted molar refractivity (Wildman–Crippen MR) is 75.5 cm³/mol. The fourth-order valence-electron chi connectivity index (χ4n) is 1.72. The van der Waals surface area contributed by atoms with Crippen molar-refractivity contribution in [3.63, 3.8) is 0 Å². The standard InChI is InChI=1S/C15H19NO3/c1-5-7-8-19-15(17)16-13-9-11(3)14(18-6-2)12(4)10-13/h9-10H,6,8H2,1-4H3,(H,16,17). The van der Waals surface area contributed by atoms with E-state index in [0.29, 0.717) is 12.3 Å². The lowest BCUT2D eigenvalue weighted by molar-refractivity contribution is 0.176. The molecule has 0 heterocycles. The Labute approximate surface area is 114 Å². The molecule has 4 nitrogen and oxygen atoms in total. The van der Waals surface area contributed by atoms with E-state index in [1.54, 1.807) is 6.92 Å². The number of carbonyl (C=O) groups excluding carboxylic acids is 1. The first kappa shape index (κ1) is 14.9. The summed E-state index contributed by atoms with van der Waals surface area (Å²) in [6.45, 7) is 8.23. The second-order valence-corrected chi connectivity index (χ2v) is 4.00. The van der Waals surface area contributed by atoms with Gasteiger partial charge in [-0.05, 0) is 51.0 Å². The number of aryl methyl sites for hydroxylation is 2. The maximum Gasteiger partial charge on any atom is 0.412 e. The number of amides is 1. The van der Waals surface area contributed by atoms with Crippen molar-refractivity contribution < 1.29 is 14.3 Å². The lowest BCUT2D eigenvalue weighted by atomic mass is 10.1. The van der Waals surface area contributed by atoms with Crippen molar-refractivity contribution >= 4 is 11.8 Å². The van der Waals surface area contributed by atoms with Crippen LogP contribution in [0.25, 0.3) is 0 Å². The van der Waals surface area contributed by atoms with Crippen LogP contribution >= 0.6 is 0 Å². The van der Waals surface area contributed by atoms with Crippen LogP contribution in [0.5, 0.6) is 5.75 Å². The highest BCUT2D eigenvalue weighted by molar-refractivity contribution is 5.85. The van der Waals surface area contributed by atoms with Crippen LogP contribution in [0.4, 0.5) is 10.5 Å². The van der Waals surface area contributed by atoms with Gasteiger partial charge in [-0.3, -0.25) is 5.32 Å². The molecule has 1 amide bonds. The first-order valence-corrected chi connectivity index (χ1v) is 6.16. The minimum atomic E-state index is -0.509. The van der Waals surface area contributed by atoms with Gasteiger partial charge in [0.15, 0.2) is 6.61 Å². The number of hydrogen-bond acceptors (Lipinski definition) is 3. The molecule has 0 aliphatic rings. The summed E-state index contributed by atoms with van der Waals surface area (Å²) >= 11 is 0. The number of rotatable bonds is 4. The van der Waals surface area contributed by atoms with E-state index < -0.39 is 6.09 Å². The number of benzene rings is 1. The van der Waals surface area contributed by atoms with Crippen molar-refractivity contribution in [1.82, 2.24) is 0 Å². The van der Waals surface area contributed by atoms with Gasteiger partial charge in [-0.2, -0.15) is 0 Å². The highest BCUT2D eigenvalue weighted by atomic mass is 16.5. The Morgan fingerprint density at radius 2 is 1.95 bits per heavy atom. The van der Waals surface area contributed by atoms with E-state index >= 15 is 0 Å². The molecule has 1 aromatic carbocycles. The first-order chi connectivity index (χ1) is 9.08. The topological polar surface area (TPSA) is 47.6 Å². The molecule has 0 bridgehead atoms. The molecule has 0 fully saturated rings. The van der Waals surface area contributed by atoms with Crippen molar-refractivity contribution in [2.45, 2.75) is 27.7 Å². The molecule has 1 rings (SSSR count). The molecule has 0 aliphatic carbocycles. The summed E-state index contributed by atoms with van der Waals surface area (Å²) in [4.78, 5) is 11.5. The molecule has 0 radical (unpaired) electrons. The number of carbonyl (C=O) groups is 1. The summed E-state index contributed by atoms with van der Waals surface area (Å²) in [6, 6.07) is 3.70. The van der Waals surface area contributed by atoms with Gasteiger partial charge < -0.3 is 9.47 Å². The Kier molecular flexibility index (Phi) is 5.74. The summed E-state index contributed by atoms with van der Waals surface area (Å²) in [6.07, 6.45) is -0.509. The van der Waals surface area contributed by atoms with Gasteiger partial charge in [0.2, 0.25) is 0 Å². The lowest BCUT2D eigenvalue weighted by Gasteiger charge is -2.13. The summed E-state index contributed by atoms with van der Waals surface area (Å²) in [5.74, 6) is 6.18. The Balaban J connectivity index is 2.74. The molecule has 1 aromatic rings. The van der Waals surface area contributed by atoms with Crippen molar-refractivity contribution in [2.75, 3.05) is 18.5 Å². The van der Waals surface area contributed by atoms with Crippen molar-refractivity contribution in [2.24, 2.45) is 0 Å². The molecule has 1 N–H and O–H groups in total. The average Bonchev–Trinajstić information content (AvgIpc) is 2.34. The molecule has 0 spiro atoms. The van der Waals surface area contributed by atoms with Crippen LogP contribution in [-0.4, -0.2) is 19.3 Å². The number of anilines is 1. The van der Waals surface area contributed by atoms with Crippen molar-refractivity contribution in [3.05, 3.63) is 23.3 Å². The van der Waals surface area contributed by atoms with Crippen molar-refractivity contribution in [3.8, 4) is 17.6 Å². The normalized spacial score (nSPS) is 9.26. The molecular formula is C15H19NO3. The summed E-state index contributed by atoms with van der Waals surface area (Å²) in [5, 5.41) is 2.67. The summed E-state index contributed by atoms with van der Waals surface area (Å²) < 4.78 is 10.4. The van der Waals surface area contributed by atoms with Gasteiger partial charge in [-0.25, -0.2) is 4.79 Å². The van der Waals surface area contributed by atoms with Crippen molar-refractivity contribution in [1.29, 1.82) is 0 Å². The maximum absolute atomic E-state index is 11.5. The van der Waals surface area contributed by atoms with E-state index in [9.17, 15) is 4.79 Å². The molecule has 0 saturated carbocycles. The van der Waals surface area contributed by atoms with E-state index in [0.717, 1.165) is 16.9 Å². The SMILES string of the molecule is CC#CCOC(=O)Nc1cc(C)c(OCC)c(C)c1. The van der Waals surface area contributed by atoms with Crippen LogP contribution in [-0.2, 0) is 4.74 Å². The van der Waals surface area contributed by atoms with Gasteiger partial charge in [0.1, 0.15) is 5.75 Å². The van der Waals surface area contributed by atoms with E-state index in [-0.39, 0.29) is 6.61 Å². The third-order valence-corrected chi connectivity index (χ3v) is 2.45. The molecule has 102 valence electrons. The second kappa shape index (κ2) is 7.32. The molecule has 0 aromatic heterocycles. The Morgan fingerprint density at radius 3 is 2.47 bits per heavy atom. The minimum Gasteiger partial charge on any atom is -0.493 e. The Bertz CT molecular complexity index is 489. The van der Waals surface area contributed by atoms with Gasteiger partial charge in [-0.1, -0.05) is 5.92 Å². The smallest absolute Gasteiger partial charge is 0.412 e. The summed E-state index contributed by atoms with van der Waals surface area (Å²) in [7, 11) is 0. The van der Waals surface area contributed by atoms with Gasteiger partial charge in [-0.15, -0.1) is 5.92 Å². The zero-order valence-electron chi connectivity index (χ0n) is 11.8. The van der Waals surface area contributed by atoms with Crippen LogP contribution in [0.15, 0.2) is 12.1 Å². The van der Waals surface area contributed by atoms with E-state index in [4.69, 9.17) is 9.47 Å². The van der Waals surface area contributed by atoms with Gasteiger partial charge in [0, 0.05) is 5.69 Å². The van der Waals surface area contributed by atoms with Gasteiger partial charge in [0.25, 0.3) is 0 Å². The van der Waals surface area contributed by atoms with Crippen LogP contribution < -0.4 is 10.1 Å². The number of hydrogen-bond donors (Lipinski definition) is 1. The third kappa shape index (κ3) is 4.55. The Morgan fingerprint density at radius 1 is 1.32 bits per heavy atom. The zero-order chi connectivity index (χ0) is 14.3. The van der Waals surface area contributed by atoms with Crippen LogP contribution in [0.1, 0.15) is 25.0 Å². The molecule has 19 heavy (non-hydrogen) atoms. The molecule has 0 atom stereocenters. The fraction of sp³-hybridized carbons (Fsp3) is 0.400. The highest BCUT2D eigenvalue weighted by Crippen LogP contribution is 2.27. The van der Waals surface area contributed by atoms with Gasteiger partial charge >= 0.3 is 6.09 Å². The molecule has 4 heteroatoms. The number of ether oxygens (including phenoxy) is 2. The average molecular weight is 261 g/mol. The number of nitrogens with one attached hydrogen (secondary N) is 1. The third-order valence-electron chi connectivity index (χ3n) is 2.45. The van der Waals surface area contributed by atoms with Crippen LogP contribution in [0.2, 0.25) is 0 Å². The van der Waals surface area contributed by atoms with Crippen LogP contribution in [0, 0.1) is 25.7 Å².